The maximum atomic E-state index is 13.2. The number of rotatable bonds is 7. The molecular formula is C26H23NO5. The molecule has 1 heterocycles. The molecule has 0 saturated carbocycles. The number of para-hydroxylation sites is 1. The minimum absolute atomic E-state index is 0.00349. The zero-order chi connectivity index (χ0) is 22.5. The van der Waals surface area contributed by atoms with Crippen LogP contribution in [0.4, 0.5) is 0 Å². The molecule has 0 saturated heterocycles. The Morgan fingerprint density at radius 1 is 0.969 bits per heavy atom. The van der Waals surface area contributed by atoms with E-state index in [0.29, 0.717) is 28.8 Å². The molecule has 0 spiro atoms. The van der Waals surface area contributed by atoms with Crippen molar-refractivity contribution in [3.63, 3.8) is 0 Å². The van der Waals surface area contributed by atoms with Crippen molar-refractivity contribution >= 4 is 16.9 Å². The van der Waals surface area contributed by atoms with Gasteiger partial charge in [-0.15, -0.1) is 0 Å². The van der Waals surface area contributed by atoms with Crippen LogP contribution in [0.15, 0.2) is 88.1 Å². The van der Waals surface area contributed by atoms with Gasteiger partial charge in [0.25, 0.3) is 5.91 Å². The van der Waals surface area contributed by atoms with Gasteiger partial charge in [-0.1, -0.05) is 42.5 Å². The second kappa shape index (κ2) is 9.39. The van der Waals surface area contributed by atoms with Crippen LogP contribution in [0.5, 0.6) is 11.5 Å². The van der Waals surface area contributed by atoms with Gasteiger partial charge >= 0.3 is 0 Å². The van der Waals surface area contributed by atoms with Gasteiger partial charge in [0.2, 0.25) is 11.2 Å². The SMILES string of the molecule is COc1ccc(-c2oc3ccccc3c(=O)c2OC(C)C(=O)NCc2ccccc2)cc1. The molecule has 0 fully saturated rings. The Bertz CT molecular complexity index is 1280. The van der Waals surface area contributed by atoms with Crippen LogP contribution < -0.4 is 20.2 Å². The van der Waals surface area contributed by atoms with Crippen LogP contribution >= 0.6 is 0 Å². The number of hydrogen-bond donors (Lipinski definition) is 1. The van der Waals surface area contributed by atoms with Gasteiger partial charge in [-0.3, -0.25) is 9.59 Å². The number of carbonyl (C=O) groups excluding carboxylic acids is 1. The first-order chi connectivity index (χ1) is 15.6. The average molecular weight is 429 g/mol. The molecule has 0 aliphatic carbocycles. The van der Waals surface area contributed by atoms with Crippen LogP contribution in [0.25, 0.3) is 22.3 Å². The van der Waals surface area contributed by atoms with Crippen molar-refractivity contribution in [3.05, 3.63) is 94.6 Å². The van der Waals surface area contributed by atoms with Crippen molar-refractivity contribution in [3.8, 4) is 22.8 Å². The Hall–Kier alpha value is -4.06. The van der Waals surface area contributed by atoms with E-state index in [2.05, 4.69) is 5.32 Å². The maximum absolute atomic E-state index is 13.2. The average Bonchev–Trinajstić information content (AvgIpc) is 2.84. The summed E-state index contributed by atoms with van der Waals surface area (Å²) >= 11 is 0. The molecule has 0 bridgehead atoms. The molecule has 6 nitrogen and oxygen atoms in total. The fourth-order valence-corrected chi connectivity index (χ4v) is 3.32. The second-order valence-electron chi connectivity index (χ2n) is 7.28. The zero-order valence-corrected chi connectivity index (χ0v) is 17.8. The van der Waals surface area contributed by atoms with Gasteiger partial charge in [-0.05, 0) is 48.9 Å². The number of ether oxygens (including phenoxy) is 2. The summed E-state index contributed by atoms with van der Waals surface area (Å²) in [5.41, 5.74) is 1.72. The summed E-state index contributed by atoms with van der Waals surface area (Å²) < 4.78 is 17.2. The highest BCUT2D eigenvalue weighted by molar-refractivity contribution is 5.84. The second-order valence-corrected chi connectivity index (χ2v) is 7.28. The van der Waals surface area contributed by atoms with E-state index in [-0.39, 0.29) is 22.8 Å². The molecule has 32 heavy (non-hydrogen) atoms. The molecule has 0 aliphatic heterocycles. The normalized spacial score (nSPS) is 11.7. The lowest BCUT2D eigenvalue weighted by Crippen LogP contribution is -2.36. The van der Waals surface area contributed by atoms with Gasteiger partial charge in [-0.2, -0.15) is 0 Å². The molecule has 1 amide bonds. The summed E-state index contributed by atoms with van der Waals surface area (Å²) in [7, 11) is 1.58. The number of carbonyl (C=O) groups is 1. The first-order valence-corrected chi connectivity index (χ1v) is 10.3. The first-order valence-electron chi connectivity index (χ1n) is 10.3. The highest BCUT2D eigenvalue weighted by Gasteiger charge is 2.23. The van der Waals surface area contributed by atoms with Gasteiger partial charge in [0.1, 0.15) is 11.3 Å². The van der Waals surface area contributed by atoms with E-state index >= 15 is 0 Å². The smallest absolute Gasteiger partial charge is 0.261 e. The van der Waals surface area contributed by atoms with Crippen molar-refractivity contribution in [1.82, 2.24) is 5.32 Å². The maximum Gasteiger partial charge on any atom is 0.261 e. The molecule has 0 radical (unpaired) electrons. The zero-order valence-electron chi connectivity index (χ0n) is 17.8. The molecule has 162 valence electrons. The molecule has 4 rings (SSSR count). The largest absolute Gasteiger partial charge is 0.497 e. The van der Waals surface area contributed by atoms with Gasteiger partial charge in [-0.25, -0.2) is 0 Å². The topological polar surface area (TPSA) is 77.8 Å². The van der Waals surface area contributed by atoms with Crippen LogP contribution in [-0.4, -0.2) is 19.1 Å². The lowest BCUT2D eigenvalue weighted by molar-refractivity contribution is -0.127. The van der Waals surface area contributed by atoms with Crippen LogP contribution in [-0.2, 0) is 11.3 Å². The van der Waals surface area contributed by atoms with Crippen molar-refractivity contribution in [2.24, 2.45) is 0 Å². The lowest BCUT2D eigenvalue weighted by Gasteiger charge is -2.17. The Labute approximate surface area is 185 Å². The molecule has 0 aliphatic rings. The minimum Gasteiger partial charge on any atom is -0.497 e. The third-order valence-electron chi connectivity index (χ3n) is 5.08. The van der Waals surface area contributed by atoms with E-state index in [0.717, 1.165) is 5.56 Å². The van der Waals surface area contributed by atoms with Crippen molar-refractivity contribution in [2.45, 2.75) is 19.6 Å². The molecule has 3 aromatic carbocycles. The monoisotopic (exact) mass is 429 g/mol. The summed E-state index contributed by atoms with van der Waals surface area (Å²) in [6.45, 7) is 1.97. The third-order valence-corrected chi connectivity index (χ3v) is 5.08. The number of nitrogens with one attached hydrogen (secondary N) is 1. The number of methoxy groups -OCH3 is 1. The first kappa shape index (κ1) is 21.2. The van der Waals surface area contributed by atoms with Crippen LogP contribution in [0, 0.1) is 0 Å². The fourth-order valence-electron chi connectivity index (χ4n) is 3.32. The standard InChI is InChI=1S/C26H23NO5/c1-17(26(29)27-16-18-8-4-3-5-9-18)31-25-23(28)21-10-6-7-11-22(21)32-24(25)19-12-14-20(30-2)15-13-19/h3-15,17H,16H2,1-2H3,(H,27,29). The van der Waals surface area contributed by atoms with E-state index in [1.54, 1.807) is 62.6 Å². The molecular weight excluding hydrogens is 406 g/mol. The Kier molecular flexibility index (Phi) is 6.22. The van der Waals surface area contributed by atoms with E-state index in [9.17, 15) is 9.59 Å². The van der Waals surface area contributed by atoms with Crippen LogP contribution in [0.1, 0.15) is 12.5 Å². The Morgan fingerprint density at radius 2 is 1.66 bits per heavy atom. The number of fused-ring (bicyclic) bond motifs is 1. The predicted octanol–water partition coefficient (Wildman–Crippen LogP) is 4.55. The van der Waals surface area contributed by atoms with Gasteiger partial charge in [0, 0.05) is 12.1 Å². The van der Waals surface area contributed by atoms with Crippen molar-refractivity contribution in [2.75, 3.05) is 7.11 Å². The molecule has 6 heteroatoms. The summed E-state index contributed by atoms with van der Waals surface area (Å²) in [6.07, 6.45) is -0.903. The number of benzene rings is 3. The van der Waals surface area contributed by atoms with Crippen LogP contribution in [0.2, 0.25) is 0 Å². The lowest BCUT2D eigenvalue weighted by atomic mass is 10.1. The van der Waals surface area contributed by atoms with E-state index in [1.807, 2.05) is 30.3 Å². The number of hydrogen-bond acceptors (Lipinski definition) is 5. The molecule has 1 atom stereocenters. The summed E-state index contributed by atoms with van der Waals surface area (Å²) in [6, 6.07) is 23.6. The molecule has 4 aromatic rings. The summed E-state index contributed by atoms with van der Waals surface area (Å²) in [5, 5.41) is 3.22. The molecule has 1 N–H and O–H groups in total. The minimum atomic E-state index is -0.903. The number of amides is 1. The predicted molar refractivity (Wildman–Crippen MR) is 123 cm³/mol. The third kappa shape index (κ3) is 4.49. The highest BCUT2D eigenvalue weighted by Crippen LogP contribution is 2.32. The quantitative estimate of drug-likeness (QED) is 0.466. The van der Waals surface area contributed by atoms with Crippen molar-refractivity contribution in [1.29, 1.82) is 0 Å². The summed E-state index contributed by atoms with van der Waals surface area (Å²) in [4.78, 5) is 25.9. The van der Waals surface area contributed by atoms with Crippen molar-refractivity contribution < 1.29 is 18.7 Å². The Morgan fingerprint density at radius 3 is 2.38 bits per heavy atom. The fraction of sp³-hybridized carbons (Fsp3) is 0.154. The van der Waals surface area contributed by atoms with E-state index in [1.165, 1.54) is 0 Å². The molecule has 1 unspecified atom stereocenters. The Balaban J connectivity index is 1.66. The van der Waals surface area contributed by atoms with Gasteiger partial charge < -0.3 is 19.2 Å². The van der Waals surface area contributed by atoms with Gasteiger partial charge in [0.15, 0.2) is 11.9 Å². The molecule has 1 aromatic heterocycles. The highest BCUT2D eigenvalue weighted by atomic mass is 16.5. The van der Waals surface area contributed by atoms with Gasteiger partial charge in [0.05, 0.1) is 12.5 Å². The van der Waals surface area contributed by atoms with Crippen LogP contribution in [0.3, 0.4) is 0 Å². The summed E-state index contributed by atoms with van der Waals surface area (Å²) in [5.74, 6) is 0.602. The van der Waals surface area contributed by atoms with E-state index in [4.69, 9.17) is 13.9 Å². The van der Waals surface area contributed by atoms with E-state index < -0.39 is 6.10 Å².